The van der Waals surface area contributed by atoms with E-state index in [2.05, 4.69) is 38.7 Å². The summed E-state index contributed by atoms with van der Waals surface area (Å²) in [6.45, 7) is 2.12. The molecule has 3 rings (SSSR count). The van der Waals surface area contributed by atoms with E-state index in [4.69, 9.17) is 17.0 Å². The molecule has 0 radical (unpaired) electrons. The van der Waals surface area contributed by atoms with Gasteiger partial charge in [-0.25, -0.2) is 4.79 Å². The zero-order valence-corrected chi connectivity index (χ0v) is 18.4. The molecule has 0 aliphatic heterocycles. The first-order chi connectivity index (χ1) is 13.5. The van der Waals surface area contributed by atoms with Crippen LogP contribution < -0.4 is 10.6 Å². The topological polar surface area (TPSA) is 50.4 Å². The standard InChI is InChI=1S/C21H19BrN2O2S2/c1-2-26-20(25)18-13-17(11-14-7-4-3-5-8-14)28-19(18)24-21(27)23-16-10-6-9-15(22)12-16/h3-10,12-13H,2,11H2,1H3,(H2,23,24,27). The number of ether oxygens (including phenoxy) is 1. The second-order valence-corrected chi connectivity index (χ2v) is 8.39. The van der Waals surface area contributed by atoms with Gasteiger partial charge in [0.15, 0.2) is 5.11 Å². The van der Waals surface area contributed by atoms with Crippen LogP contribution in [0.5, 0.6) is 0 Å². The molecule has 1 aromatic heterocycles. The SMILES string of the molecule is CCOC(=O)c1cc(Cc2ccccc2)sc1NC(=S)Nc1cccc(Br)c1. The number of rotatable bonds is 6. The number of benzene rings is 2. The molecule has 144 valence electrons. The van der Waals surface area contributed by atoms with Crippen molar-refractivity contribution in [2.75, 3.05) is 17.2 Å². The fraction of sp³-hybridized carbons (Fsp3) is 0.143. The Bertz CT molecular complexity index is 974. The molecule has 0 saturated carbocycles. The van der Waals surface area contributed by atoms with E-state index >= 15 is 0 Å². The number of anilines is 2. The predicted octanol–water partition coefficient (Wildman–Crippen LogP) is 6.09. The third kappa shape index (κ3) is 5.64. The molecule has 0 fully saturated rings. The van der Waals surface area contributed by atoms with Crippen LogP contribution in [0.15, 0.2) is 65.1 Å². The molecule has 0 aliphatic carbocycles. The first-order valence-corrected chi connectivity index (χ1v) is 10.7. The van der Waals surface area contributed by atoms with Crippen molar-refractivity contribution in [3.05, 3.63) is 81.1 Å². The van der Waals surface area contributed by atoms with Crippen LogP contribution in [0.1, 0.15) is 27.7 Å². The maximum Gasteiger partial charge on any atom is 0.341 e. The lowest BCUT2D eigenvalue weighted by molar-refractivity contribution is 0.0528. The van der Waals surface area contributed by atoms with Gasteiger partial charge in [0, 0.05) is 21.5 Å². The first kappa shape index (κ1) is 20.5. The molecule has 0 spiro atoms. The molecule has 2 aromatic carbocycles. The van der Waals surface area contributed by atoms with Crippen molar-refractivity contribution in [1.29, 1.82) is 0 Å². The van der Waals surface area contributed by atoms with E-state index < -0.39 is 0 Å². The van der Waals surface area contributed by atoms with Gasteiger partial charge in [0.1, 0.15) is 5.00 Å². The van der Waals surface area contributed by atoms with Gasteiger partial charge in [0.05, 0.1) is 12.2 Å². The minimum absolute atomic E-state index is 0.322. The minimum Gasteiger partial charge on any atom is -0.462 e. The average molecular weight is 475 g/mol. The van der Waals surface area contributed by atoms with E-state index in [0.29, 0.717) is 22.3 Å². The number of nitrogens with one attached hydrogen (secondary N) is 2. The molecule has 0 bridgehead atoms. The molecule has 0 saturated heterocycles. The number of carbonyl (C=O) groups excluding carboxylic acids is 1. The molecule has 2 N–H and O–H groups in total. The number of hydrogen-bond donors (Lipinski definition) is 2. The summed E-state index contributed by atoms with van der Waals surface area (Å²) in [4.78, 5) is 13.4. The van der Waals surface area contributed by atoms with Crippen LogP contribution in [-0.2, 0) is 11.2 Å². The summed E-state index contributed by atoms with van der Waals surface area (Å²) >= 11 is 10.4. The molecule has 0 unspecified atom stereocenters. The normalized spacial score (nSPS) is 10.4. The monoisotopic (exact) mass is 474 g/mol. The lowest BCUT2D eigenvalue weighted by atomic mass is 10.1. The van der Waals surface area contributed by atoms with E-state index in [1.165, 1.54) is 16.9 Å². The van der Waals surface area contributed by atoms with E-state index in [9.17, 15) is 4.79 Å². The molecule has 0 amide bonds. The van der Waals surface area contributed by atoms with Gasteiger partial charge >= 0.3 is 5.97 Å². The van der Waals surface area contributed by atoms with Crippen molar-refractivity contribution in [3.8, 4) is 0 Å². The quantitative estimate of drug-likeness (QED) is 0.334. The Hall–Kier alpha value is -2.22. The Morgan fingerprint density at radius 1 is 1.11 bits per heavy atom. The summed E-state index contributed by atoms with van der Waals surface area (Å²) in [6.07, 6.45) is 0.741. The summed E-state index contributed by atoms with van der Waals surface area (Å²) in [7, 11) is 0. The summed E-state index contributed by atoms with van der Waals surface area (Å²) in [5, 5.41) is 7.37. The van der Waals surface area contributed by atoms with Crippen molar-refractivity contribution < 1.29 is 9.53 Å². The van der Waals surface area contributed by atoms with Crippen molar-refractivity contribution in [2.45, 2.75) is 13.3 Å². The van der Waals surface area contributed by atoms with Crippen molar-refractivity contribution >= 4 is 61.3 Å². The highest BCUT2D eigenvalue weighted by Crippen LogP contribution is 2.31. The number of thiophene rings is 1. The second-order valence-electron chi connectivity index (χ2n) is 5.93. The molecule has 1 heterocycles. The molecule has 28 heavy (non-hydrogen) atoms. The summed E-state index contributed by atoms with van der Waals surface area (Å²) in [6, 6.07) is 19.7. The van der Waals surface area contributed by atoms with Crippen LogP contribution in [0.2, 0.25) is 0 Å². The Balaban J connectivity index is 1.79. The molecule has 0 atom stereocenters. The van der Waals surface area contributed by atoms with E-state index in [-0.39, 0.29) is 5.97 Å². The molecule has 4 nitrogen and oxygen atoms in total. The number of esters is 1. The average Bonchev–Trinajstić information content (AvgIpc) is 3.05. The highest BCUT2D eigenvalue weighted by Gasteiger charge is 2.18. The second kappa shape index (κ2) is 9.82. The third-order valence-electron chi connectivity index (χ3n) is 3.81. The summed E-state index contributed by atoms with van der Waals surface area (Å²) in [5.41, 5.74) is 2.53. The van der Waals surface area contributed by atoms with Gasteiger partial charge in [-0.15, -0.1) is 11.3 Å². The van der Waals surface area contributed by atoms with E-state index in [0.717, 1.165) is 21.5 Å². The van der Waals surface area contributed by atoms with Gasteiger partial charge in [0.25, 0.3) is 0 Å². The van der Waals surface area contributed by atoms with Gasteiger partial charge in [0.2, 0.25) is 0 Å². The predicted molar refractivity (Wildman–Crippen MR) is 124 cm³/mol. The summed E-state index contributed by atoms with van der Waals surface area (Å²) < 4.78 is 6.16. The molecular weight excluding hydrogens is 456 g/mol. The Labute approximate surface area is 182 Å². The highest BCUT2D eigenvalue weighted by molar-refractivity contribution is 9.10. The number of hydrogen-bond acceptors (Lipinski definition) is 4. The number of thiocarbonyl (C=S) groups is 1. The lowest BCUT2D eigenvalue weighted by Crippen LogP contribution is -2.20. The smallest absolute Gasteiger partial charge is 0.341 e. The maximum absolute atomic E-state index is 12.4. The number of halogens is 1. The third-order valence-corrected chi connectivity index (χ3v) is 5.56. The van der Waals surface area contributed by atoms with Crippen LogP contribution in [0.25, 0.3) is 0 Å². The Morgan fingerprint density at radius 2 is 1.89 bits per heavy atom. The Morgan fingerprint density at radius 3 is 2.61 bits per heavy atom. The molecular formula is C21H19BrN2O2S2. The van der Waals surface area contributed by atoms with Gasteiger partial charge in [-0.1, -0.05) is 52.3 Å². The van der Waals surface area contributed by atoms with Crippen LogP contribution in [-0.4, -0.2) is 17.7 Å². The lowest BCUT2D eigenvalue weighted by Gasteiger charge is -2.11. The van der Waals surface area contributed by atoms with E-state index in [1.807, 2.05) is 48.5 Å². The van der Waals surface area contributed by atoms with Gasteiger partial charge in [-0.3, -0.25) is 0 Å². The van der Waals surface area contributed by atoms with Gasteiger partial charge in [-0.05, 0) is 49.0 Å². The maximum atomic E-state index is 12.4. The fourth-order valence-electron chi connectivity index (χ4n) is 2.61. The fourth-order valence-corrected chi connectivity index (χ4v) is 4.38. The van der Waals surface area contributed by atoms with Crippen molar-refractivity contribution in [1.82, 2.24) is 0 Å². The van der Waals surface area contributed by atoms with Crippen LogP contribution in [0.4, 0.5) is 10.7 Å². The van der Waals surface area contributed by atoms with Gasteiger partial charge < -0.3 is 15.4 Å². The largest absolute Gasteiger partial charge is 0.462 e. The van der Waals surface area contributed by atoms with Crippen molar-refractivity contribution in [3.63, 3.8) is 0 Å². The molecule has 7 heteroatoms. The van der Waals surface area contributed by atoms with Crippen molar-refractivity contribution in [2.24, 2.45) is 0 Å². The highest BCUT2D eigenvalue weighted by atomic mass is 79.9. The number of carbonyl (C=O) groups is 1. The van der Waals surface area contributed by atoms with Crippen LogP contribution in [0, 0.1) is 0 Å². The summed E-state index contributed by atoms with van der Waals surface area (Å²) in [5.74, 6) is -0.356. The van der Waals surface area contributed by atoms with Crippen LogP contribution >= 0.6 is 39.5 Å². The minimum atomic E-state index is -0.356. The molecule has 0 aliphatic rings. The first-order valence-electron chi connectivity index (χ1n) is 8.72. The zero-order valence-electron chi connectivity index (χ0n) is 15.2. The zero-order chi connectivity index (χ0) is 19.9. The van der Waals surface area contributed by atoms with Crippen LogP contribution in [0.3, 0.4) is 0 Å². The van der Waals surface area contributed by atoms with E-state index in [1.54, 1.807) is 6.92 Å². The molecule has 3 aromatic rings. The Kier molecular flexibility index (Phi) is 7.19. The van der Waals surface area contributed by atoms with Gasteiger partial charge in [-0.2, -0.15) is 0 Å².